The molecule has 2 aromatic carbocycles. The lowest BCUT2D eigenvalue weighted by atomic mass is 10.3. The molecule has 2 aromatic rings. The first-order valence-corrected chi connectivity index (χ1v) is 6.19. The molecule has 5 heteroatoms. The molecule has 0 fully saturated rings. The van der Waals surface area contributed by atoms with Gasteiger partial charge in [-0.15, -0.1) is 0 Å². The standard InChI is InChI=1S/C13H7BrO4/c14-8-4-3-7-11-12(8)18-13(17-11)15-9-5-1-2-6-10(9)16-13/h1-7H. The van der Waals surface area contributed by atoms with Gasteiger partial charge in [0.15, 0.2) is 23.0 Å². The van der Waals surface area contributed by atoms with Gasteiger partial charge in [-0.3, -0.25) is 0 Å². The zero-order valence-corrected chi connectivity index (χ0v) is 10.6. The number of fused-ring (bicyclic) bond motifs is 2. The summed E-state index contributed by atoms with van der Waals surface area (Å²) in [6.45, 7) is 0. The fourth-order valence-corrected chi connectivity index (χ4v) is 2.37. The number of rotatable bonds is 0. The lowest BCUT2D eigenvalue weighted by Gasteiger charge is -2.17. The molecule has 4 nitrogen and oxygen atoms in total. The summed E-state index contributed by atoms with van der Waals surface area (Å²) in [6.07, 6.45) is -1.53. The third-order valence-corrected chi connectivity index (χ3v) is 3.34. The quantitative estimate of drug-likeness (QED) is 0.748. The molecule has 0 atom stereocenters. The summed E-state index contributed by atoms with van der Waals surface area (Å²) >= 11 is 3.40. The normalized spacial score (nSPS) is 17.2. The number of hydrogen-bond acceptors (Lipinski definition) is 4. The van der Waals surface area contributed by atoms with E-state index in [1.807, 2.05) is 24.3 Å². The van der Waals surface area contributed by atoms with Crippen molar-refractivity contribution in [3.05, 3.63) is 46.9 Å². The predicted octanol–water partition coefficient (Wildman–Crippen LogP) is 3.30. The minimum absolute atomic E-state index is 0.574. The lowest BCUT2D eigenvalue weighted by Crippen LogP contribution is -2.47. The van der Waals surface area contributed by atoms with Gasteiger partial charge in [0, 0.05) is 0 Å². The predicted molar refractivity (Wildman–Crippen MR) is 65.8 cm³/mol. The number of benzene rings is 2. The van der Waals surface area contributed by atoms with E-state index in [-0.39, 0.29) is 0 Å². The zero-order valence-electron chi connectivity index (χ0n) is 9.05. The maximum atomic E-state index is 5.66. The number of halogens is 1. The second-order valence-electron chi connectivity index (χ2n) is 3.92. The fraction of sp³-hybridized carbons (Fsp3) is 0.0769. The molecular weight excluding hydrogens is 300 g/mol. The summed E-state index contributed by atoms with van der Waals surface area (Å²) in [5.41, 5.74) is 0. The van der Waals surface area contributed by atoms with Gasteiger partial charge in [-0.25, -0.2) is 0 Å². The summed E-state index contributed by atoms with van der Waals surface area (Å²) in [6, 6.07) is 12.8. The number of hydrogen-bond donors (Lipinski definition) is 0. The van der Waals surface area contributed by atoms with E-state index in [0.29, 0.717) is 23.0 Å². The Morgan fingerprint density at radius 3 is 2.00 bits per heavy atom. The highest BCUT2D eigenvalue weighted by Crippen LogP contribution is 2.49. The largest absolute Gasteiger partial charge is 0.611 e. The monoisotopic (exact) mass is 306 g/mol. The van der Waals surface area contributed by atoms with Crippen molar-refractivity contribution in [3.8, 4) is 23.0 Å². The van der Waals surface area contributed by atoms with E-state index in [9.17, 15) is 0 Å². The fourth-order valence-electron chi connectivity index (χ4n) is 1.94. The molecule has 0 bridgehead atoms. The first-order chi connectivity index (χ1) is 8.76. The summed E-state index contributed by atoms with van der Waals surface area (Å²) in [4.78, 5) is 0. The molecule has 90 valence electrons. The first-order valence-electron chi connectivity index (χ1n) is 5.39. The molecule has 0 aliphatic carbocycles. The van der Waals surface area contributed by atoms with Crippen LogP contribution in [-0.2, 0) is 0 Å². The Kier molecular flexibility index (Phi) is 1.86. The summed E-state index contributed by atoms with van der Waals surface area (Å²) in [5, 5.41) is 0. The highest BCUT2D eigenvalue weighted by atomic mass is 79.9. The average molecular weight is 307 g/mol. The molecule has 0 radical (unpaired) electrons. The Labute approximate surface area is 111 Å². The van der Waals surface area contributed by atoms with Crippen LogP contribution < -0.4 is 18.9 Å². The van der Waals surface area contributed by atoms with Crippen LogP contribution >= 0.6 is 15.9 Å². The van der Waals surface area contributed by atoms with Crippen LogP contribution in [0.5, 0.6) is 23.0 Å². The Hall–Kier alpha value is -1.88. The van der Waals surface area contributed by atoms with E-state index in [1.54, 1.807) is 18.2 Å². The molecule has 0 saturated heterocycles. The third kappa shape index (κ3) is 1.31. The minimum Gasteiger partial charge on any atom is -0.382 e. The van der Waals surface area contributed by atoms with E-state index >= 15 is 0 Å². The zero-order chi connectivity index (χ0) is 12.2. The summed E-state index contributed by atoms with van der Waals surface area (Å²) in [5.74, 6) is 2.35. The number of ether oxygens (including phenoxy) is 4. The smallest absolute Gasteiger partial charge is 0.382 e. The lowest BCUT2D eigenvalue weighted by molar-refractivity contribution is -0.330. The second kappa shape index (κ2) is 3.32. The molecule has 0 unspecified atom stereocenters. The second-order valence-corrected chi connectivity index (χ2v) is 4.78. The van der Waals surface area contributed by atoms with Crippen molar-refractivity contribution >= 4 is 15.9 Å². The Morgan fingerprint density at radius 2 is 1.33 bits per heavy atom. The minimum atomic E-state index is -1.53. The molecule has 0 saturated carbocycles. The maximum Gasteiger partial charge on any atom is 0.611 e. The van der Waals surface area contributed by atoms with Crippen LogP contribution in [0.2, 0.25) is 0 Å². The molecule has 0 aromatic heterocycles. The van der Waals surface area contributed by atoms with Gasteiger partial charge >= 0.3 is 6.16 Å². The van der Waals surface area contributed by atoms with Crippen molar-refractivity contribution in [1.82, 2.24) is 0 Å². The van der Waals surface area contributed by atoms with Crippen LogP contribution in [0, 0.1) is 0 Å². The van der Waals surface area contributed by atoms with Crippen molar-refractivity contribution in [2.45, 2.75) is 6.16 Å². The van der Waals surface area contributed by atoms with Crippen LogP contribution in [0.3, 0.4) is 0 Å². The van der Waals surface area contributed by atoms with Crippen molar-refractivity contribution in [1.29, 1.82) is 0 Å². The van der Waals surface area contributed by atoms with Crippen molar-refractivity contribution in [3.63, 3.8) is 0 Å². The highest BCUT2D eigenvalue weighted by Gasteiger charge is 2.54. The molecule has 0 amide bonds. The molecular formula is C13H7BrO4. The van der Waals surface area contributed by atoms with E-state index in [2.05, 4.69) is 15.9 Å². The van der Waals surface area contributed by atoms with E-state index in [4.69, 9.17) is 18.9 Å². The molecule has 18 heavy (non-hydrogen) atoms. The Morgan fingerprint density at radius 1 is 0.722 bits per heavy atom. The van der Waals surface area contributed by atoms with Crippen LogP contribution in [0.25, 0.3) is 0 Å². The van der Waals surface area contributed by atoms with Crippen LogP contribution in [0.1, 0.15) is 0 Å². The Bertz CT molecular complexity index is 616. The first kappa shape index (κ1) is 10.1. The van der Waals surface area contributed by atoms with Gasteiger partial charge in [0.25, 0.3) is 0 Å². The summed E-state index contributed by atoms with van der Waals surface area (Å²) < 4.78 is 23.3. The summed E-state index contributed by atoms with van der Waals surface area (Å²) in [7, 11) is 0. The molecule has 2 heterocycles. The highest BCUT2D eigenvalue weighted by molar-refractivity contribution is 9.10. The van der Waals surface area contributed by atoms with Gasteiger partial charge in [-0.2, -0.15) is 0 Å². The van der Waals surface area contributed by atoms with Gasteiger partial charge < -0.3 is 18.9 Å². The average Bonchev–Trinajstić information content (AvgIpc) is 2.89. The molecule has 4 rings (SSSR count). The Balaban J connectivity index is 1.74. The molecule has 2 aliphatic heterocycles. The third-order valence-electron chi connectivity index (χ3n) is 2.71. The number of para-hydroxylation sites is 3. The van der Waals surface area contributed by atoms with E-state index in [1.165, 1.54) is 0 Å². The van der Waals surface area contributed by atoms with Crippen molar-refractivity contribution < 1.29 is 18.9 Å². The van der Waals surface area contributed by atoms with Crippen LogP contribution in [0.4, 0.5) is 0 Å². The SMILES string of the molecule is Brc1cccc2c1OC1(Oc3ccccc3O1)O2. The van der Waals surface area contributed by atoms with Gasteiger partial charge in [-0.1, -0.05) is 18.2 Å². The van der Waals surface area contributed by atoms with E-state index in [0.717, 1.165) is 4.47 Å². The van der Waals surface area contributed by atoms with Crippen molar-refractivity contribution in [2.24, 2.45) is 0 Å². The van der Waals surface area contributed by atoms with Gasteiger partial charge in [0.1, 0.15) is 0 Å². The van der Waals surface area contributed by atoms with Gasteiger partial charge in [0.05, 0.1) is 4.47 Å². The van der Waals surface area contributed by atoms with Crippen LogP contribution in [0.15, 0.2) is 46.9 Å². The van der Waals surface area contributed by atoms with Gasteiger partial charge in [-0.05, 0) is 40.2 Å². The van der Waals surface area contributed by atoms with Crippen molar-refractivity contribution in [2.75, 3.05) is 0 Å². The van der Waals surface area contributed by atoms with E-state index < -0.39 is 6.16 Å². The molecule has 2 aliphatic rings. The molecule has 1 spiro atoms. The van der Waals surface area contributed by atoms with Gasteiger partial charge in [0.2, 0.25) is 0 Å². The molecule has 0 N–H and O–H groups in total. The topological polar surface area (TPSA) is 36.9 Å². The van der Waals surface area contributed by atoms with Crippen LogP contribution in [-0.4, -0.2) is 6.16 Å². The maximum absolute atomic E-state index is 5.66.